The number of anilines is 1. The lowest BCUT2D eigenvalue weighted by molar-refractivity contribution is -0.116. The van der Waals surface area contributed by atoms with E-state index in [9.17, 15) is 13.2 Å². The summed E-state index contributed by atoms with van der Waals surface area (Å²) in [4.78, 5) is 12.2. The highest BCUT2D eigenvalue weighted by atomic mass is 32.2. The standard InChI is InChI=1S/C18H28N2O4S/c1-4-24-16-11-10-15(13-17(16)25(22,23)20(2)3)19-18(21)12-9-14-7-5-6-8-14/h10-11,13-14H,4-9,12H2,1-3H3,(H,19,21). The molecule has 1 N–H and O–H groups in total. The zero-order valence-electron chi connectivity index (χ0n) is 15.2. The maximum Gasteiger partial charge on any atom is 0.246 e. The molecule has 0 aromatic heterocycles. The Labute approximate surface area is 150 Å². The molecule has 25 heavy (non-hydrogen) atoms. The quantitative estimate of drug-likeness (QED) is 0.764. The molecule has 0 bridgehead atoms. The Morgan fingerprint density at radius 3 is 2.56 bits per heavy atom. The molecule has 0 saturated heterocycles. The van der Waals surface area contributed by atoms with Crippen LogP contribution in [0, 0.1) is 5.92 Å². The highest BCUT2D eigenvalue weighted by Crippen LogP contribution is 2.30. The predicted octanol–water partition coefficient (Wildman–Crippen LogP) is 3.24. The molecule has 0 heterocycles. The molecule has 0 unspecified atom stereocenters. The maximum absolute atomic E-state index is 12.5. The molecule has 1 fully saturated rings. The summed E-state index contributed by atoms with van der Waals surface area (Å²) in [5, 5.41) is 2.81. The molecule has 1 aliphatic carbocycles. The van der Waals surface area contributed by atoms with Crippen molar-refractivity contribution in [3.05, 3.63) is 18.2 Å². The van der Waals surface area contributed by atoms with Crippen LogP contribution in [0.25, 0.3) is 0 Å². The molecule has 0 atom stereocenters. The third kappa shape index (κ3) is 5.19. The summed E-state index contributed by atoms with van der Waals surface area (Å²) in [7, 11) is -0.716. The van der Waals surface area contributed by atoms with Crippen LogP contribution < -0.4 is 10.1 Å². The smallest absolute Gasteiger partial charge is 0.246 e. The first-order valence-corrected chi connectivity index (χ1v) is 10.3. The van der Waals surface area contributed by atoms with Gasteiger partial charge in [0, 0.05) is 26.2 Å². The van der Waals surface area contributed by atoms with Gasteiger partial charge < -0.3 is 10.1 Å². The molecule has 1 aromatic carbocycles. The third-order valence-electron chi connectivity index (χ3n) is 4.54. The normalized spacial score (nSPS) is 15.5. The molecule has 7 heteroatoms. The summed E-state index contributed by atoms with van der Waals surface area (Å²) in [5.41, 5.74) is 0.472. The average Bonchev–Trinajstić information content (AvgIpc) is 3.08. The van der Waals surface area contributed by atoms with Crippen LogP contribution in [0.2, 0.25) is 0 Å². The molecule has 0 spiro atoms. The van der Waals surface area contributed by atoms with E-state index in [-0.39, 0.29) is 10.8 Å². The molecule has 2 rings (SSSR count). The number of rotatable bonds is 8. The van der Waals surface area contributed by atoms with Crippen molar-refractivity contribution in [2.24, 2.45) is 5.92 Å². The fraction of sp³-hybridized carbons (Fsp3) is 0.611. The summed E-state index contributed by atoms with van der Waals surface area (Å²) in [5.74, 6) is 0.861. The molecule has 0 radical (unpaired) electrons. The van der Waals surface area contributed by atoms with Crippen LogP contribution in [0.15, 0.2) is 23.1 Å². The molecule has 1 amide bonds. The summed E-state index contributed by atoms with van der Waals surface area (Å²) in [6.07, 6.45) is 6.30. The van der Waals surface area contributed by atoms with Crippen LogP contribution in [0.3, 0.4) is 0 Å². The van der Waals surface area contributed by atoms with Crippen LogP contribution in [0.5, 0.6) is 5.75 Å². The van der Waals surface area contributed by atoms with Crippen LogP contribution in [-0.2, 0) is 14.8 Å². The van der Waals surface area contributed by atoms with E-state index in [1.165, 1.54) is 45.8 Å². The summed E-state index contributed by atoms with van der Waals surface area (Å²) < 4.78 is 31.6. The van der Waals surface area contributed by atoms with Crippen LogP contribution in [0.4, 0.5) is 5.69 Å². The fourth-order valence-electron chi connectivity index (χ4n) is 3.12. The number of sulfonamides is 1. The van der Waals surface area contributed by atoms with Crippen LogP contribution in [0.1, 0.15) is 45.4 Å². The lowest BCUT2D eigenvalue weighted by Crippen LogP contribution is -2.23. The monoisotopic (exact) mass is 368 g/mol. The Bertz CT molecular complexity index is 695. The number of hydrogen-bond donors (Lipinski definition) is 1. The van der Waals surface area contributed by atoms with E-state index in [1.54, 1.807) is 19.1 Å². The van der Waals surface area contributed by atoms with Gasteiger partial charge in [-0.15, -0.1) is 0 Å². The van der Waals surface area contributed by atoms with E-state index < -0.39 is 10.0 Å². The number of nitrogens with one attached hydrogen (secondary N) is 1. The fourth-order valence-corrected chi connectivity index (χ4v) is 4.17. The second kappa shape index (κ2) is 8.67. The number of nitrogens with zero attached hydrogens (tertiary/aromatic N) is 1. The van der Waals surface area contributed by atoms with Gasteiger partial charge in [0.25, 0.3) is 0 Å². The molecule has 0 aliphatic heterocycles. The number of benzene rings is 1. The van der Waals surface area contributed by atoms with Gasteiger partial charge >= 0.3 is 0 Å². The van der Waals surface area contributed by atoms with E-state index >= 15 is 0 Å². The lowest BCUT2D eigenvalue weighted by atomic mass is 10.0. The molecule has 6 nitrogen and oxygen atoms in total. The number of carbonyl (C=O) groups excluding carboxylic acids is 1. The van der Waals surface area contributed by atoms with Gasteiger partial charge in [-0.2, -0.15) is 0 Å². The van der Waals surface area contributed by atoms with Gasteiger partial charge in [-0.1, -0.05) is 25.7 Å². The first kappa shape index (κ1) is 19.7. The van der Waals surface area contributed by atoms with Gasteiger partial charge in [-0.05, 0) is 37.5 Å². The van der Waals surface area contributed by atoms with Crippen molar-refractivity contribution >= 4 is 21.6 Å². The number of amides is 1. The van der Waals surface area contributed by atoms with Crippen molar-refractivity contribution < 1.29 is 17.9 Å². The molecular weight excluding hydrogens is 340 g/mol. The zero-order valence-corrected chi connectivity index (χ0v) is 16.1. The van der Waals surface area contributed by atoms with Gasteiger partial charge in [-0.3, -0.25) is 4.79 Å². The molecular formula is C18H28N2O4S. The van der Waals surface area contributed by atoms with Gasteiger partial charge in [0.05, 0.1) is 6.61 Å². The van der Waals surface area contributed by atoms with Gasteiger partial charge in [0.1, 0.15) is 10.6 Å². The Balaban J connectivity index is 2.11. The first-order valence-electron chi connectivity index (χ1n) is 8.83. The van der Waals surface area contributed by atoms with Crippen molar-refractivity contribution in [1.82, 2.24) is 4.31 Å². The van der Waals surface area contributed by atoms with Crippen molar-refractivity contribution in [3.8, 4) is 5.75 Å². The third-order valence-corrected chi connectivity index (χ3v) is 6.38. The number of hydrogen-bond acceptors (Lipinski definition) is 4. The highest BCUT2D eigenvalue weighted by molar-refractivity contribution is 7.89. The number of carbonyl (C=O) groups is 1. The van der Waals surface area contributed by atoms with Gasteiger partial charge in [-0.25, -0.2) is 12.7 Å². The predicted molar refractivity (Wildman–Crippen MR) is 98.3 cm³/mol. The van der Waals surface area contributed by atoms with Crippen LogP contribution >= 0.6 is 0 Å². The second-order valence-corrected chi connectivity index (χ2v) is 8.74. The second-order valence-electron chi connectivity index (χ2n) is 6.62. The Morgan fingerprint density at radius 2 is 1.96 bits per heavy atom. The minimum Gasteiger partial charge on any atom is -0.492 e. The minimum atomic E-state index is -3.66. The topological polar surface area (TPSA) is 75.7 Å². The van der Waals surface area contributed by atoms with Crippen molar-refractivity contribution in [2.75, 3.05) is 26.0 Å². The Hall–Kier alpha value is -1.60. The summed E-state index contributed by atoms with van der Waals surface area (Å²) in [6.45, 7) is 2.16. The Kier molecular flexibility index (Phi) is 6.84. The molecule has 1 aromatic rings. The minimum absolute atomic E-state index is 0.0629. The molecule has 1 saturated carbocycles. The maximum atomic E-state index is 12.5. The van der Waals surface area contributed by atoms with E-state index in [2.05, 4.69) is 5.32 Å². The average molecular weight is 368 g/mol. The van der Waals surface area contributed by atoms with E-state index in [0.717, 1.165) is 10.7 Å². The van der Waals surface area contributed by atoms with E-state index in [1.807, 2.05) is 0 Å². The summed E-state index contributed by atoms with van der Waals surface area (Å²) in [6, 6.07) is 4.73. The van der Waals surface area contributed by atoms with Crippen molar-refractivity contribution in [3.63, 3.8) is 0 Å². The van der Waals surface area contributed by atoms with E-state index in [4.69, 9.17) is 4.74 Å². The van der Waals surface area contributed by atoms with Gasteiger partial charge in [0.2, 0.25) is 15.9 Å². The lowest BCUT2D eigenvalue weighted by Gasteiger charge is -2.17. The highest BCUT2D eigenvalue weighted by Gasteiger charge is 2.23. The van der Waals surface area contributed by atoms with Crippen molar-refractivity contribution in [2.45, 2.75) is 50.3 Å². The first-order chi connectivity index (χ1) is 11.8. The van der Waals surface area contributed by atoms with Crippen LogP contribution in [-0.4, -0.2) is 39.3 Å². The zero-order chi connectivity index (χ0) is 18.4. The van der Waals surface area contributed by atoms with Crippen molar-refractivity contribution in [1.29, 1.82) is 0 Å². The molecule has 1 aliphatic rings. The largest absolute Gasteiger partial charge is 0.492 e. The van der Waals surface area contributed by atoms with Gasteiger partial charge in [0.15, 0.2) is 0 Å². The molecule has 140 valence electrons. The Morgan fingerprint density at radius 1 is 1.28 bits per heavy atom. The summed E-state index contributed by atoms with van der Waals surface area (Å²) >= 11 is 0. The van der Waals surface area contributed by atoms with E-state index in [0.29, 0.717) is 30.4 Å². The SMILES string of the molecule is CCOc1ccc(NC(=O)CCC2CCCC2)cc1S(=O)(=O)N(C)C. The number of ether oxygens (including phenoxy) is 1.